The average Bonchev–Trinajstić information content (AvgIpc) is 2.34. The van der Waals surface area contributed by atoms with Gasteiger partial charge in [-0.1, -0.05) is 0 Å². The molecule has 0 aliphatic carbocycles. The molecular weight excluding hydrogens is 256 g/mol. The maximum Gasteiger partial charge on any atom is 0.265 e. The van der Waals surface area contributed by atoms with E-state index < -0.39 is 25.0 Å². The van der Waals surface area contributed by atoms with Crippen LogP contribution in [-0.4, -0.2) is 44.2 Å². The Balaban J connectivity index is 2.70. The molecule has 1 aromatic carbocycles. The van der Waals surface area contributed by atoms with Crippen molar-refractivity contribution in [3.8, 4) is 0 Å². The third kappa shape index (κ3) is 4.06. The van der Waals surface area contributed by atoms with Crippen LogP contribution in [-0.2, 0) is 0 Å². The van der Waals surface area contributed by atoms with Gasteiger partial charge in [-0.15, -0.1) is 0 Å². The minimum atomic E-state index is -2.89. The summed E-state index contributed by atoms with van der Waals surface area (Å²) in [6.07, 6.45) is -4.76. The Morgan fingerprint density at radius 3 is 2.58 bits per heavy atom. The number of carbonyl (C=O) groups excluding carboxylic acids is 1. The fourth-order valence-corrected chi connectivity index (χ4v) is 1.49. The van der Waals surface area contributed by atoms with Crippen LogP contribution >= 0.6 is 0 Å². The molecule has 0 aliphatic rings. The Morgan fingerprint density at radius 2 is 2.11 bits per heavy atom. The minimum Gasteiger partial charge on any atom is -0.397 e. The fourth-order valence-electron chi connectivity index (χ4n) is 1.49. The second-order valence-corrected chi connectivity index (χ2v) is 4.28. The number of alkyl halides is 2. The SMILES string of the molecule is CN(C)c1ccc(C(=O)NCC(O)C(F)F)cc1N. The summed E-state index contributed by atoms with van der Waals surface area (Å²) < 4.78 is 24.1. The van der Waals surface area contributed by atoms with Crippen molar-refractivity contribution in [3.05, 3.63) is 23.8 Å². The molecule has 0 heterocycles. The number of aliphatic hydroxyl groups excluding tert-OH is 1. The molecule has 0 fully saturated rings. The topological polar surface area (TPSA) is 78.6 Å². The number of benzene rings is 1. The Morgan fingerprint density at radius 1 is 1.47 bits per heavy atom. The second-order valence-electron chi connectivity index (χ2n) is 4.28. The first-order valence-electron chi connectivity index (χ1n) is 5.64. The van der Waals surface area contributed by atoms with E-state index in [9.17, 15) is 13.6 Å². The number of hydrogen-bond donors (Lipinski definition) is 3. The number of nitrogens with zero attached hydrogens (tertiary/aromatic N) is 1. The number of hydrogen-bond acceptors (Lipinski definition) is 4. The predicted molar refractivity (Wildman–Crippen MR) is 69.5 cm³/mol. The maximum absolute atomic E-state index is 12.1. The molecule has 1 atom stereocenters. The van der Waals surface area contributed by atoms with Gasteiger partial charge in [0.25, 0.3) is 12.3 Å². The molecule has 0 radical (unpaired) electrons. The number of aliphatic hydroxyl groups is 1. The zero-order chi connectivity index (χ0) is 14.6. The highest BCUT2D eigenvalue weighted by atomic mass is 19.3. The van der Waals surface area contributed by atoms with Crippen LogP contribution in [0.2, 0.25) is 0 Å². The smallest absolute Gasteiger partial charge is 0.265 e. The van der Waals surface area contributed by atoms with Crippen molar-refractivity contribution >= 4 is 17.3 Å². The normalized spacial score (nSPS) is 12.3. The number of nitrogens with two attached hydrogens (primary N) is 1. The van der Waals surface area contributed by atoms with Gasteiger partial charge in [0, 0.05) is 26.2 Å². The molecule has 0 saturated heterocycles. The van der Waals surface area contributed by atoms with Gasteiger partial charge in [-0.05, 0) is 18.2 Å². The van der Waals surface area contributed by atoms with E-state index in [4.69, 9.17) is 10.8 Å². The molecule has 7 heteroatoms. The highest BCUT2D eigenvalue weighted by Gasteiger charge is 2.18. The van der Waals surface area contributed by atoms with Crippen LogP contribution in [0, 0.1) is 0 Å². The summed E-state index contributed by atoms with van der Waals surface area (Å²) >= 11 is 0. The molecule has 0 aliphatic heterocycles. The van der Waals surface area contributed by atoms with Crippen molar-refractivity contribution in [1.82, 2.24) is 5.32 Å². The highest BCUT2D eigenvalue weighted by Crippen LogP contribution is 2.22. The fraction of sp³-hybridized carbons (Fsp3) is 0.417. The number of halogens is 2. The molecule has 5 nitrogen and oxygen atoms in total. The van der Waals surface area contributed by atoms with Crippen molar-refractivity contribution < 1.29 is 18.7 Å². The van der Waals surface area contributed by atoms with Gasteiger partial charge in [-0.3, -0.25) is 4.79 Å². The van der Waals surface area contributed by atoms with Crippen LogP contribution in [0.1, 0.15) is 10.4 Å². The van der Waals surface area contributed by atoms with Crippen LogP contribution in [0.4, 0.5) is 20.2 Å². The van der Waals surface area contributed by atoms with Crippen molar-refractivity contribution in [1.29, 1.82) is 0 Å². The number of amides is 1. The molecule has 0 aromatic heterocycles. The summed E-state index contributed by atoms with van der Waals surface area (Å²) in [5, 5.41) is 11.1. The number of carbonyl (C=O) groups is 1. The molecule has 1 aromatic rings. The standard InChI is InChI=1S/C12H17F2N3O2/c1-17(2)9-4-3-7(5-8(9)15)12(19)16-6-10(18)11(13)14/h3-5,10-11,18H,6,15H2,1-2H3,(H,16,19). The van der Waals surface area contributed by atoms with E-state index in [2.05, 4.69) is 5.32 Å². The van der Waals surface area contributed by atoms with E-state index in [1.165, 1.54) is 12.1 Å². The number of nitrogens with one attached hydrogen (secondary N) is 1. The van der Waals surface area contributed by atoms with Crippen LogP contribution in [0.25, 0.3) is 0 Å². The molecule has 106 valence electrons. The molecule has 1 rings (SSSR count). The van der Waals surface area contributed by atoms with E-state index in [1.54, 1.807) is 11.0 Å². The van der Waals surface area contributed by atoms with Crippen LogP contribution in [0.15, 0.2) is 18.2 Å². The monoisotopic (exact) mass is 273 g/mol. The van der Waals surface area contributed by atoms with E-state index >= 15 is 0 Å². The maximum atomic E-state index is 12.1. The molecular formula is C12H17F2N3O2. The van der Waals surface area contributed by atoms with E-state index in [0.29, 0.717) is 5.69 Å². The third-order valence-corrected chi connectivity index (χ3v) is 2.53. The third-order valence-electron chi connectivity index (χ3n) is 2.53. The van der Waals surface area contributed by atoms with E-state index in [0.717, 1.165) is 5.69 Å². The Labute approximate surface area is 110 Å². The van der Waals surface area contributed by atoms with Crippen LogP contribution in [0.3, 0.4) is 0 Å². The lowest BCUT2D eigenvalue weighted by atomic mass is 10.1. The van der Waals surface area contributed by atoms with Crippen molar-refractivity contribution in [2.45, 2.75) is 12.5 Å². The van der Waals surface area contributed by atoms with Gasteiger partial charge in [-0.25, -0.2) is 8.78 Å². The zero-order valence-corrected chi connectivity index (χ0v) is 10.7. The summed E-state index contributed by atoms with van der Waals surface area (Å²) in [7, 11) is 3.62. The van der Waals surface area contributed by atoms with Crippen molar-refractivity contribution in [2.75, 3.05) is 31.3 Å². The quantitative estimate of drug-likeness (QED) is 0.690. The molecule has 1 amide bonds. The molecule has 1 unspecified atom stereocenters. The Kier molecular flexibility index (Phi) is 5.05. The average molecular weight is 273 g/mol. The second kappa shape index (κ2) is 6.33. The van der Waals surface area contributed by atoms with Gasteiger partial charge in [0.1, 0.15) is 6.10 Å². The number of nitrogen functional groups attached to an aromatic ring is 1. The van der Waals surface area contributed by atoms with Crippen LogP contribution in [0.5, 0.6) is 0 Å². The summed E-state index contributed by atoms with van der Waals surface area (Å²) in [5.74, 6) is -0.559. The van der Waals surface area contributed by atoms with Gasteiger partial charge >= 0.3 is 0 Å². The Bertz CT molecular complexity index is 453. The lowest BCUT2D eigenvalue weighted by Crippen LogP contribution is -2.35. The lowest BCUT2D eigenvalue weighted by Gasteiger charge is -2.16. The van der Waals surface area contributed by atoms with Gasteiger partial charge in [0.15, 0.2) is 0 Å². The van der Waals surface area contributed by atoms with Gasteiger partial charge in [-0.2, -0.15) is 0 Å². The molecule has 0 spiro atoms. The first kappa shape index (κ1) is 15.2. The van der Waals surface area contributed by atoms with Crippen LogP contribution < -0.4 is 16.0 Å². The molecule has 0 bridgehead atoms. The number of rotatable bonds is 5. The van der Waals surface area contributed by atoms with Gasteiger partial charge < -0.3 is 21.1 Å². The summed E-state index contributed by atoms with van der Waals surface area (Å²) in [4.78, 5) is 13.5. The van der Waals surface area contributed by atoms with Crippen molar-refractivity contribution in [2.24, 2.45) is 0 Å². The predicted octanol–water partition coefficient (Wildman–Crippen LogP) is 0.691. The van der Waals surface area contributed by atoms with E-state index in [-0.39, 0.29) is 5.56 Å². The zero-order valence-electron chi connectivity index (χ0n) is 10.7. The van der Waals surface area contributed by atoms with Gasteiger partial charge in [0.05, 0.1) is 11.4 Å². The summed E-state index contributed by atoms with van der Waals surface area (Å²) in [6.45, 7) is -0.508. The first-order chi connectivity index (χ1) is 8.82. The molecule has 4 N–H and O–H groups in total. The minimum absolute atomic E-state index is 0.254. The summed E-state index contributed by atoms with van der Waals surface area (Å²) in [6, 6.07) is 4.66. The lowest BCUT2D eigenvalue weighted by molar-refractivity contribution is -0.00270. The largest absolute Gasteiger partial charge is 0.397 e. The van der Waals surface area contributed by atoms with E-state index in [1.807, 2.05) is 14.1 Å². The number of anilines is 2. The Hall–Kier alpha value is -1.89. The highest BCUT2D eigenvalue weighted by molar-refractivity contribution is 5.96. The van der Waals surface area contributed by atoms with Gasteiger partial charge in [0.2, 0.25) is 0 Å². The van der Waals surface area contributed by atoms with Crippen molar-refractivity contribution in [3.63, 3.8) is 0 Å². The molecule has 19 heavy (non-hydrogen) atoms. The first-order valence-corrected chi connectivity index (χ1v) is 5.64. The molecule has 0 saturated carbocycles. The summed E-state index contributed by atoms with van der Waals surface area (Å²) in [5.41, 5.74) is 7.19.